The number of hydrogen-bond acceptors (Lipinski definition) is 3. The summed E-state index contributed by atoms with van der Waals surface area (Å²) in [6.07, 6.45) is 0. The van der Waals surface area contributed by atoms with Crippen molar-refractivity contribution >= 4 is 44.2 Å². The number of nitrogens with two attached hydrogens (primary N) is 2. The van der Waals surface area contributed by atoms with Crippen molar-refractivity contribution in [3.63, 3.8) is 0 Å². The molecular weight excluding hydrogens is 236 g/mol. The van der Waals surface area contributed by atoms with E-state index in [-0.39, 0.29) is 0 Å². The zero-order chi connectivity index (χ0) is 13.0. The van der Waals surface area contributed by atoms with Gasteiger partial charge in [0.1, 0.15) is 5.52 Å². The van der Waals surface area contributed by atoms with Crippen LogP contribution in [0, 0.1) is 0 Å². The molecule has 3 aromatic carbocycles. The third-order valence-corrected chi connectivity index (χ3v) is 3.52. The Hall–Kier alpha value is -2.75. The van der Waals surface area contributed by atoms with Gasteiger partial charge in [-0.1, -0.05) is 30.3 Å². The molecule has 0 aliphatic rings. The molecule has 5 N–H and O–H groups in total. The first-order valence-electron chi connectivity index (χ1n) is 6.09. The molecule has 0 amide bonds. The number of imidazole rings is 1. The minimum Gasteiger partial charge on any atom is -0.398 e. The molecule has 0 radical (unpaired) electrons. The zero-order valence-electron chi connectivity index (χ0n) is 10.1. The number of benzene rings is 3. The van der Waals surface area contributed by atoms with Crippen LogP contribution in [0.2, 0.25) is 0 Å². The first-order valence-corrected chi connectivity index (χ1v) is 6.09. The van der Waals surface area contributed by atoms with E-state index in [1.165, 1.54) is 5.39 Å². The molecule has 4 aromatic rings. The van der Waals surface area contributed by atoms with Gasteiger partial charge in [0.15, 0.2) is 5.95 Å². The summed E-state index contributed by atoms with van der Waals surface area (Å²) in [6, 6.07) is 14.2. The first-order chi connectivity index (χ1) is 9.24. The van der Waals surface area contributed by atoms with Gasteiger partial charge in [0.25, 0.3) is 0 Å². The molecule has 92 valence electrons. The summed E-state index contributed by atoms with van der Waals surface area (Å²) in [5.74, 6) is 0.412. The smallest absolute Gasteiger partial charge is 0.198 e. The molecule has 4 nitrogen and oxygen atoms in total. The van der Waals surface area contributed by atoms with Crippen LogP contribution >= 0.6 is 0 Å². The first kappa shape index (κ1) is 10.2. The Morgan fingerprint density at radius 1 is 0.947 bits per heavy atom. The van der Waals surface area contributed by atoms with Crippen LogP contribution in [-0.4, -0.2) is 9.97 Å². The van der Waals surface area contributed by atoms with Crippen LogP contribution in [0.15, 0.2) is 42.5 Å². The van der Waals surface area contributed by atoms with Gasteiger partial charge in [0.2, 0.25) is 0 Å². The second-order valence-corrected chi connectivity index (χ2v) is 4.69. The molecule has 0 aliphatic heterocycles. The number of nitrogens with one attached hydrogen (secondary N) is 1. The summed E-state index contributed by atoms with van der Waals surface area (Å²) in [4.78, 5) is 7.39. The van der Waals surface area contributed by atoms with Crippen LogP contribution < -0.4 is 11.5 Å². The Morgan fingerprint density at radius 2 is 1.79 bits per heavy atom. The van der Waals surface area contributed by atoms with Gasteiger partial charge < -0.3 is 16.5 Å². The Labute approximate surface area is 109 Å². The van der Waals surface area contributed by atoms with Gasteiger partial charge in [-0.25, -0.2) is 4.98 Å². The van der Waals surface area contributed by atoms with Crippen LogP contribution in [0.5, 0.6) is 0 Å². The monoisotopic (exact) mass is 248 g/mol. The Morgan fingerprint density at radius 3 is 2.68 bits per heavy atom. The number of H-pyrrole nitrogens is 1. The molecule has 1 aromatic heterocycles. The molecule has 0 spiro atoms. The predicted octanol–water partition coefficient (Wildman–Crippen LogP) is 3.03. The van der Waals surface area contributed by atoms with Crippen molar-refractivity contribution in [3.8, 4) is 0 Å². The van der Waals surface area contributed by atoms with Crippen molar-refractivity contribution in [2.45, 2.75) is 0 Å². The van der Waals surface area contributed by atoms with E-state index in [4.69, 9.17) is 11.5 Å². The number of nitrogen functional groups attached to an aromatic ring is 2. The van der Waals surface area contributed by atoms with E-state index in [1.807, 2.05) is 24.3 Å². The van der Waals surface area contributed by atoms with Crippen molar-refractivity contribution in [2.75, 3.05) is 11.5 Å². The fraction of sp³-hybridized carbons (Fsp3) is 0. The summed E-state index contributed by atoms with van der Waals surface area (Å²) in [7, 11) is 0. The molecule has 0 bridgehead atoms. The van der Waals surface area contributed by atoms with E-state index in [1.54, 1.807) is 0 Å². The summed E-state index contributed by atoms with van der Waals surface area (Å²) < 4.78 is 0. The zero-order valence-corrected chi connectivity index (χ0v) is 10.1. The predicted molar refractivity (Wildman–Crippen MR) is 79.9 cm³/mol. The number of anilines is 2. The van der Waals surface area contributed by atoms with E-state index >= 15 is 0 Å². The molecule has 0 atom stereocenters. The van der Waals surface area contributed by atoms with Gasteiger partial charge in [-0.05, 0) is 28.3 Å². The van der Waals surface area contributed by atoms with E-state index in [9.17, 15) is 0 Å². The number of nitrogens with zero attached hydrogens (tertiary/aromatic N) is 1. The minimum atomic E-state index is 0.412. The number of rotatable bonds is 0. The lowest BCUT2D eigenvalue weighted by Crippen LogP contribution is -1.90. The van der Waals surface area contributed by atoms with Crippen LogP contribution in [0.4, 0.5) is 11.6 Å². The highest BCUT2D eigenvalue weighted by molar-refractivity contribution is 6.20. The fourth-order valence-corrected chi connectivity index (χ4v) is 2.72. The van der Waals surface area contributed by atoms with Crippen molar-refractivity contribution in [1.82, 2.24) is 9.97 Å². The molecule has 0 unspecified atom stereocenters. The van der Waals surface area contributed by atoms with Crippen molar-refractivity contribution < 1.29 is 0 Å². The molecule has 19 heavy (non-hydrogen) atoms. The average molecular weight is 248 g/mol. The summed E-state index contributed by atoms with van der Waals surface area (Å²) in [6.45, 7) is 0. The number of hydrogen-bond donors (Lipinski definition) is 3. The summed E-state index contributed by atoms with van der Waals surface area (Å²) in [5, 5.41) is 4.38. The molecule has 0 saturated carbocycles. The standard InChI is InChI=1S/C15H12N4/c16-11-7-8-3-1-2-4-9(8)10-5-6-12-14(13(10)11)19-15(17)18-12/h1-7H,16H2,(H3,17,18,19). The molecule has 0 fully saturated rings. The van der Waals surface area contributed by atoms with Gasteiger partial charge >= 0.3 is 0 Å². The third kappa shape index (κ3) is 1.31. The maximum absolute atomic E-state index is 6.20. The number of aromatic nitrogens is 2. The van der Waals surface area contributed by atoms with Crippen molar-refractivity contribution in [1.29, 1.82) is 0 Å². The van der Waals surface area contributed by atoms with Gasteiger partial charge in [-0.3, -0.25) is 0 Å². The molecule has 0 aliphatic carbocycles. The lowest BCUT2D eigenvalue weighted by atomic mass is 9.99. The van der Waals surface area contributed by atoms with E-state index in [2.05, 4.69) is 28.2 Å². The second kappa shape index (κ2) is 3.38. The third-order valence-electron chi connectivity index (χ3n) is 3.52. The van der Waals surface area contributed by atoms with Crippen molar-refractivity contribution in [2.24, 2.45) is 0 Å². The van der Waals surface area contributed by atoms with Crippen LogP contribution in [0.25, 0.3) is 32.6 Å². The number of fused-ring (bicyclic) bond motifs is 5. The molecule has 0 saturated heterocycles. The maximum atomic E-state index is 6.20. The van der Waals surface area contributed by atoms with Crippen LogP contribution in [0.1, 0.15) is 0 Å². The van der Waals surface area contributed by atoms with Gasteiger partial charge in [0.05, 0.1) is 5.52 Å². The lowest BCUT2D eigenvalue weighted by Gasteiger charge is -2.07. The normalized spacial score (nSPS) is 11.6. The van der Waals surface area contributed by atoms with Crippen LogP contribution in [-0.2, 0) is 0 Å². The van der Waals surface area contributed by atoms with E-state index in [0.29, 0.717) is 5.95 Å². The van der Waals surface area contributed by atoms with Gasteiger partial charge in [0, 0.05) is 11.1 Å². The highest BCUT2D eigenvalue weighted by Crippen LogP contribution is 2.34. The van der Waals surface area contributed by atoms with E-state index < -0.39 is 0 Å². The van der Waals surface area contributed by atoms with Gasteiger partial charge in [-0.15, -0.1) is 0 Å². The van der Waals surface area contributed by atoms with E-state index in [0.717, 1.165) is 32.9 Å². The molecule has 4 rings (SSSR count). The quantitative estimate of drug-likeness (QED) is 0.330. The largest absolute Gasteiger partial charge is 0.398 e. The Kier molecular flexibility index (Phi) is 1.82. The highest BCUT2D eigenvalue weighted by Gasteiger charge is 2.10. The Balaban J connectivity index is 2.34. The maximum Gasteiger partial charge on any atom is 0.198 e. The van der Waals surface area contributed by atoms with Crippen LogP contribution in [0.3, 0.4) is 0 Å². The second-order valence-electron chi connectivity index (χ2n) is 4.69. The summed E-state index contributed by atoms with van der Waals surface area (Å²) in [5.41, 5.74) is 14.4. The lowest BCUT2D eigenvalue weighted by molar-refractivity contribution is 1.36. The fourth-order valence-electron chi connectivity index (χ4n) is 2.72. The molecule has 1 heterocycles. The Bertz CT molecular complexity index is 937. The topological polar surface area (TPSA) is 80.7 Å². The highest BCUT2D eigenvalue weighted by atomic mass is 15.0. The number of aromatic amines is 1. The average Bonchev–Trinajstić information content (AvgIpc) is 2.78. The molecule has 4 heteroatoms. The molecular formula is C15H12N4. The van der Waals surface area contributed by atoms with Gasteiger partial charge in [-0.2, -0.15) is 0 Å². The van der Waals surface area contributed by atoms with Crippen molar-refractivity contribution in [3.05, 3.63) is 42.5 Å². The summed E-state index contributed by atoms with van der Waals surface area (Å²) >= 11 is 0. The minimum absolute atomic E-state index is 0.412. The SMILES string of the molecule is Nc1nc2c(ccc3c4ccccc4cc(N)c32)[nH]1.